The molecule has 1 atom stereocenters. The summed E-state index contributed by atoms with van der Waals surface area (Å²) in [6.45, 7) is 4.10. The second-order valence-corrected chi connectivity index (χ2v) is 8.44. The third-order valence-electron chi connectivity index (χ3n) is 6.36. The molecule has 3 aromatic rings. The first-order valence-electron chi connectivity index (χ1n) is 11.5. The molecule has 1 aromatic heterocycles. The molecule has 1 saturated heterocycles. The Balaban J connectivity index is 1.44. The van der Waals surface area contributed by atoms with Gasteiger partial charge in [-0.15, -0.1) is 0 Å². The summed E-state index contributed by atoms with van der Waals surface area (Å²) < 4.78 is 27.6. The maximum Gasteiger partial charge on any atom is 0.289 e. The van der Waals surface area contributed by atoms with Crippen LogP contribution in [0.4, 0.5) is 5.69 Å². The van der Waals surface area contributed by atoms with Gasteiger partial charge in [0.1, 0.15) is 28.8 Å². The predicted molar refractivity (Wildman–Crippen MR) is 133 cm³/mol. The Hall–Kier alpha value is -3.81. The number of rotatable bonds is 8. The van der Waals surface area contributed by atoms with E-state index in [1.54, 1.807) is 46.6 Å². The first kappa shape index (κ1) is 24.3. The van der Waals surface area contributed by atoms with Gasteiger partial charge in [0, 0.05) is 55.5 Å². The molecule has 1 amide bonds. The molecule has 1 aliphatic heterocycles. The lowest BCUT2D eigenvalue weighted by molar-refractivity contribution is 0.0692. The van der Waals surface area contributed by atoms with E-state index < -0.39 is 0 Å². The van der Waals surface area contributed by atoms with Crippen LogP contribution in [0.25, 0.3) is 0 Å². The second-order valence-electron chi connectivity index (χ2n) is 8.44. The van der Waals surface area contributed by atoms with Crippen LogP contribution in [0.3, 0.4) is 0 Å². The highest BCUT2D eigenvalue weighted by atomic mass is 16.5. The van der Waals surface area contributed by atoms with Crippen molar-refractivity contribution < 1.29 is 28.2 Å². The molecule has 0 radical (unpaired) electrons. The summed E-state index contributed by atoms with van der Waals surface area (Å²) in [5.41, 5.74) is 1.94. The number of ether oxygens (including phenoxy) is 4. The first-order valence-corrected chi connectivity index (χ1v) is 11.5. The number of benzene rings is 2. The van der Waals surface area contributed by atoms with Crippen molar-refractivity contribution >= 4 is 11.6 Å². The Labute approximate surface area is 205 Å². The van der Waals surface area contributed by atoms with Crippen LogP contribution in [0.5, 0.6) is 23.0 Å². The van der Waals surface area contributed by atoms with Gasteiger partial charge in [0.25, 0.3) is 5.91 Å². The van der Waals surface area contributed by atoms with Crippen LogP contribution in [-0.2, 0) is 6.42 Å². The molecular weight excluding hydrogens is 448 g/mol. The summed E-state index contributed by atoms with van der Waals surface area (Å²) in [4.78, 5) is 17.4. The molecule has 1 fully saturated rings. The first-order chi connectivity index (χ1) is 17.0. The Morgan fingerprint density at radius 3 is 2.11 bits per heavy atom. The summed E-state index contributed by atoms with van der Waals surface area (Å²) in [6.07, 6.45) is 0.422. The molecule has 0 aliphatic carbocycles. The zero-order valence-electron chi connectivity index (χ0n) is 20.9. The molecule has 186 valence electrons. The molecular formula is C27H32N2O6. The SMILES string of the molecule is COc1ccc(N2CCN(C(=O)c3ccc(Cc4c(OC)cc(OC)cc4OC)o3)CC2C)cc1. The smallest absolute Gasteiger partial charge is 0.289 e. The van der Waals surface area contributed by atoms with E-state index in [2.05, 4.69) is 11.8 Å². The van der Waals surface area contributed by atoms with Gasteiger partial charge in [-0.1, -0.05) is 0 Å². The maximum absolute atomic E-state index is 13.2. The normalized spacial score (nSPS) is 15.6. The third kappa shape index (κ3) is 5.16. The van der Waals surface area contributed by atoms with Gasteiger partial charge in [-0.05, 0) is 43.3 Å². The molecule has 0 bridgehead atoms. The van der Waals surface area contributed by atoms with Crippen molar-refractivity contribution in [3.8, 4) is 23.0 Å². The summed E-state index contributed by atoms with van der Waals surface area (Å²) >= 11 is 0. The van der Waals surface area contributed by atoms with Gasteiger partial charge in [0.05, 0.1) is 28.4 Å². The van der Waals surface area contributed by atoms with Crippen LogP contribution in [0.1, 0.15) is 28.8 Å². The van der Waals surface area contributed by atoms with Gasteiger partial charge >= 0.3 is 0 Å². The van der Waals surface area contributed by atoms with Crippen LogP contribution < -0.4 is 23.8 Å². The Morgan fingerprint density at radius 1 is 0.886 bits per heavy atom. The van der Waals surface area contributed by atoms with Crippen molar-refractivity contribution in [1.82, 2.24) is 4.90 Å². The largest absolute Gasteiger partial charge is 0.497 e. The van der Waals surface area contributed by atoms with E-state index in [1.807, 2.05) is 35.2 Å². The number of furan rings is 1. The third-order valence-corrected chi connectivity index (χ3v) is 6.36. The number of carbonyl (C=O) groups is 1. The van der Waals surface area contributed by atoms with E-state index in [0.717, 1.165) is 23.5 Å². The molecule has 8 nitrogen and oxygen atoms in total. The lowest BCUT2D eigenvalue weighted by Crippen LogP contribution is -2.53. The number of hydrogen-bond donors (Lipinski definition) is 0. The molecule has 1 unspecified atom stereocenters. The Kier molecular flexibility index (Phi) is 7.39. The van der Waals surface area contributed by atoms with Crippen LogP contribution in [0, 0.1) is 0 Å². The van der Waals surface area contributed by atoms with Gasteiger partial charge in [-0.25, -0.2) is 0 Å². The molecule has 1 aliphatic rings. The minimum Gasteiger partial charge on any atom is -0.497 e. The summed E-state index contributed by atoms with van der Waals surface area (Å²) in [5.74, 6) is 3.61. The fourth-order valence-electron chi connectivity index (χ4n) is 4.47. The van der Waals surface area contributed by atoms with Crippen molar-refractivity contribution in [3.63, 3.8) is 0 Å². The lowest BCUT2D eigenvalue weighted by Gasteiger charge is -2.41. The molecule has 0 spiro atoms. The van der Waals surface area contributed by atoms with Crippen molar-refractivity contribution in [3.05, 3.63) is 65.6 Å². The molecule has 2 heterocycles. The number of anilines is 1. The fraction of sp³-hybridized carbons (Fsp3) is 0.370. The zero-order chi connectivity index (χ0) is 24.9. The highest BCUT2D eigenvalue weighted by Crippen LogP contribution is 2.36. The minimum absolute atomic E-state index is 0.105. The van der Waals surface area contributed by atoms with Crippen molar-refractivity contribution in [2.45, 2.75) is 19.4 Å². The summed E-state index contributed by atoms with van der Waals surface area (Å²) in [5, 5.41) is 0. The van der Waals surface area contributed by atoms with E-state index >= 15 is 0 Å². The number of hydrogen-bond acceptors (Lipinski definition) is 7. The van der Waals surface area contributed by atoms with Crippen LogP contribution in [-0.4, -0.2) is 64.9 Å². The standard InChI is InChI=1S/C27H32N2O6/c1-18-17-28(12-13-29(18)19-6-8-20(31-2)9-7-19)27(30)24-11-10-21(35-24)14-23-25(33-4)15-22(32-3)16-26(23)34-5/h6-11,15-16,18H,12-14,17H2,1-5H3. The zero-order valence-corrected chi connectivity index (χ0v) is 20.9. The predicted octanol–water partition coefficient (Wildman–Crippen LogP) is 4.26. The van der Waals surface area contributed by atoms with E-state index in [-0.39, 0.29) is 11.9 Å². The summed E-state index contributed by atoms with van der Waals surface area (Å²) in [7, 11) is 6.45. The second kappa shape index (κ2) is 10.6. The molecule has 35 heavy (non-hydrogen) atoms. The highest BCUT2D eigenvalue weighted by molar-refractivity contribution is 5.91. The quantitative estimate of drug-likeness (QED) is 0.477. The number of methoxy groups -OCH3 is 4. The summed E-state index contributed by atoms with van der Waals surface area (Å²) in [6, 6.07) is 15.3. The molecule has 0 saturated carbocycles. The lowest BCUT2D eigenvalue weighted by atomic mass is 10.1. The van der Waals surface area contributed by atoms with Gasteiger partial charge in [-0.3, -0.25) is 4.79 Å². The maximum atomic E-state index is 13.2. The number of nitrogens with zero attached hydrogens (tertiary/aromatic N) is 2. The monoisotopic (exact) mass is 480 g/mol. The van der Waals surface area contributed by atoms with Gasteiger partial charge < -0.3 is 33.2 Å². The average Bonchev–Trinajstić information content (AvgIpc) is 3.36. The minimum atomic E-state index is -0.105. The van der Waals surface area contributed by atoms with Crippen molar-refractivity contribution in [1.29, 1.82) is 0 Å². The Bertz CT molecular complexity index is 1130. The fourth-order valence-corrected chi connectivity index (χ4v) is 4.47. The number of amides is 1. The van der Waals surface area contributed by atoms with E-state index in [1.165, 1.54) is 0 Å². The topological polar surface area (TPSA) is 73.6 Å². The Morgan fingerprint density at radius 2 is 1.54 bits per heavy atom. The van der Waals surface area contributed by atoms with E-state index in [9.17, 15) is 4.79 Å². The van der Waals surface area contributed by atoms with E-state index in [0.29, 0.717) is 48.3 Å². The number of carbonyl (C=O) groups excluding carboxylic acids is 1. The van der Waals surface area contributed by atoms with Gasteiger partial charge in [0.2, 0.25) is 0 Å². The van der Waals surface area contributed by atoms with E-state index in [4.69, 9.17) is 23.4 Å². The molecule has 0 N–H and O–H groups in total. The number of piperazine rings is 1. The van der Waals surface area contributed by atoms with Gasteiger partial charge in [-0.2, -0.15) is 0 Å². The molecule has 8 heteroatoms. The van der Waals surface area contributed by atoms with Crippen LogP contribution in [0.15, 0.2) is 52.9 Å². The molecule has 4 rings (SSSR count). The molecule has 2 aromatic carbocycles. The van der Waals surface area contributed by atoms with Crippen molar-refractivity contribution in [2.24, 2.45) is 0 Å². The average molecular weight is 481 g/mol. The van der Waals surface area contributed by atoms with Crippen LogP contribution >= 0.6 is 0 Å². The van der Waals surface area contributed by atoms with Crippen molar-refractivity contribution in [2.75, 3.05) is 53.0 Å². The highest BCUT2D eigenvalue weighted by Gasteiger charge is 2.29. The van der Waals surface area contributed by atoms with Gasteiger partial charge in [0.15, 0.2) is 5.76 Å². The van der Waals surface area contributed by atoms with Crippen LogP contribution in [0.2, 0.25) is 0 Å².